The second kappa shape index (κ2) is 10.2. The van der Waals surface area contributed by atoms with E-state index in [1.807, 2.05) is 19.1 Å². The fraction of sp³-hybridized carbons (Fsp3) is 0.444. The zero-order chi connectivity index (χ0) is 24.4. The number of fused-ring (bicyclic) bond motifs is 1. The summed E-state index contributed by atoms with van der Waals surface area (Å²) in [4.78, 5) is 32.8. The molecule has 184 valence electrons. The van der Waals surface area contributed by atoms with Crippen LogP contribution in [0.2, 0.25) is 0 Å². The van der Waals surface area contributed by atoms with Crippen molar-refractivity contribution in [1.82, 2.24) is 19.8 Å². The molecule has 3 aromatic rings. The molecule has 0 radical (unpaired) electrons. The fourth-order valence-electron chi connectivity index (χ4n) is 4.49. The van der Waals surface area contributed by atoms with Gasteiger partial charge >= 0.3 is 0 Å². The van der Waals surface area contributed by atoms with Gasteiger partial charge in [-0.1, -0.05) is 6.07 Å². The molecule has 35 heavy (non-hydrogen) atoms. The predicted molar refractivity (Wildman–Crippen MR) is 134 cm³/mol. The second-order valence-corrected chi connectivity index (χ2v) is 9.62. The normalized spacial score (nSPS) is 17.0. The minimum atomic E-state index is -0.199. The highest BCUT2D eigenvalue weighted by Crippen LogP contribution is 2.22. The van der Waals surface area contributed by atoms with Crippen molar-refractivity contribution in [3.8, 4) is 11.4 Å². The van der Waals surface area contributed by atoms with Crippen molar-refractivity contribution < 1.29 is 14.6 Å². The number of hydrogen-bond donors (Lipinski definition) is 2. The lowest BCUT2D eigenvalue weighted by Crippen LogP contribution is -2.36. The van der Waals surface area contributed by atoms with Gasteiger partial charge in [0.15, 0.2) is 0 Å². The fourth-order valence-corrected chi connectivity index (χ4v) is 4.49. The maximum Gasteiger partial charge on any atom is 0.265 e. The van der Waals surface area contributed by atoms with Gasteiger partial charge in [0, 0.05) is 31.2 Å². The first-order valence-corrected chi connectivity index (χ1v) is 12.4. The summed E-state index contributed by atoms with van der Waals surface area (Å²) in [7, 11) is 0. The van der Waals surface area contributed by atoms with Gasteiger partial charge in [-0.3, -0.25) is 14.2 Å². The van der Waals surface area contributed by atoms with E-state index in [4.69, 9.17) is 4.74 Å². The van der Waals surface area contributed by atoms with Gasteiger partial charge in [-0.25, -0.2) is 4.98 Å². The Labute approximate surface area is 204 Å². The van der Waals surface area contributed by atoms with Crippen molar-refractivity contribution in [2.24, 2.45) is 0 Å². The zero-order valence-electron chi connectivity index (χ0n) is 20.1. The Bertz CT molecular complexity index is 1280. The van der Waals surface area contributed by atoms with Crippen LogP contribution in [-0.4, -0.2) is 63.9 Å². The summed E-state index contributed by atoms with van der Waals surface area (Å²) in [6.45, 7) is 5.24. The van der Waals surface area contributed by atoms with Crippen LogP contribution in [0.5, 0.6) is 5.75 Å². The van der Waals surface area contributed by atoms with E-state index in [0.29, 0.717) is 34.5 Å². The number of benzene rings is 2. The standard InChI is InChI=1S/C27H32N4O4/c1-18-3-4-19(26(33)29-20-5-6-20)15-25(18)31-17-28-24-8-7-22(16-23(24)27(31)34)35-14-2-11-30-12-9-21(32)10-13-30/h3-4,7-8,15-17,20-21,32H,2,5-6,9-14H2,1H3,(H,29,33). The molecule has 8 nitrogen and oxygen atoms in total. The molecule has 0 unspecified atom stereocenters. The number of aryl methyl sites for hydroxylation is 1. The Hall–Kier alpha value is -3.23. The lowest BCUT2D eigenvalue weighted by atomic mass is 10.1. The molecule has 0 spiro atoms. The quantitative estimate of drug-likeness (QED) is 0.486. The molecular formula is C27H32N4O4. The number of hydrogen-bond acceptors (Lipinski definition) is 6. The third kappa shape index (κ3) is 5.55. The van der Waals surface area contributed by atoms with Crippen molar-refractivity contribution in [2.45, 2.75) is 51.2 Å². The Kier molecular flexibility index (Phi) is 6.83. The van der Waals surface area contributed by atoms with Crippen LogP contribution in [-0.2, 0) is 0 Å². The molecule has 1 aromatic heterocycles. The highest BCUT2D eigenvalue weighted by molar-refractivity contribution is 5.95. The molecule has 2 N–H and O–H groups in total. The van der Waals surface area contributed by atoms with Crippen molar-refractivity contribution in [3.05, 3.63) is 64.2 Å². The highest BCUT2D eigenvalue weighted by atomic mass is 16.5. The zero-order valence-corrected chi connectivity index (χ0v) is 20.1. The first kappa shape index (κ1) is 23.5. The van der Waals surface area contributed by atoms with E-state index in [9.17, 15) is 14.7 Å². The molecule has 8 heteroatoms. The van der Waals surface area contributed by atoms with Crippen molar-refractivity contribution in [3.63, 3.8) is 0 Å². The van der Waals surface area contributed by atoms with E-state index in [1.54, 1.807) is 24.3 Å². The van der Waals surface area contributed by atoms with Crippen LogP contribution in [0.1, 0.15) is 48.0 Å². The molecule has 5 rings (SSSR count). The summed E-state index contributed by atoms with van der Waals surface area (Å²) in [6.07, 6.45) is 5.93. The van der Waals surface area contributed by atoms with Gasteiger partial charge in [-0.2, -0.15) is 0 Å². The average Bonchev–Trinajstić information content (AvgIpc) is 3.68. The molecule has 1 amide bonds. The number of ether oxygens (including phenoxy) is 1. The molecule has 1 aliphatic carbocycles. The summed E-state index contributed by atoms with van der Waals surface area (Å²) in [5.41, 5.74) is 2.46. The van der Waals surface area contributed by atoms with Gasteiger partial charge in [0.25, 0.3) is 11.5 Å². The minimum absolute atomic E-state index is 0.119. The number of amides is 1. The van der Waals surface area contributed by atoms with E-state index >= 15 is 0 Å². The lowest BCUT2D eigenvalue weighted by Gasteiger charge is -2.29. The topological polar surface area (TPSA) is 96.7 Å². The molecule has 2 aliphatic rings. The summed E-state index contributed by atoms with van der Waals surface area (Å²) in [5, 5.41) is 13.1. The number of piperidine rings is 1. The van der Waals surface area contributed by atoms with E-state index in [1.165, 1.54) is 10.9 Å². The van der Waals surface area contributed by atoms with Crippen LogP contribution < -0.4 is 15.6 Å². The number of nitrogens with zero attached hydrogens (tertiary/aromatic N) is 3. The van der Waals surface area contributed by atoms with Gasteiger partial charge in [-0.05, 0) is 74.9 Å². The maximum absolute atomic E-state index is 13.4. The van der Waals surface area contributed by atoms with Crippen LogP contribution in [0.15, 0.2) is 47.5 Å². The van der Waals surface area contributed by atoms with Crippen molar-refractivity contribution in [1.29, 1.82) is 0 Å². The Balaban J connectivity index is 1.31. The van der Waals surface area contributed by atoms with Crippen LogP contribution >= 0.6 is 0 Å². The molecule has 0 bridgehead atoms. The van der Waals surface area contributed by atoms with Gasteiger partial charge in [-0.15, -0.1) is 0 Å². The summed E-state index contributed by atoms with van der Waals surface area (Å²) >= 11 is 0. The maximum atomic E-state index is 13.4. The average molecular weight is 477 g/mol. The molecule has 1 saturated carbocycles. The number of carbonyl (C=O) groups is 1. The lowest BCUT2D eigenvalue weighted by molar-refractivity contribution is 0.0800. The molecule has 1 saturated heterocycles. The number of aliphatic hydroxyl groups is 1. The van der Waals surface area contributed by atoms with E-state index < -0.39 is 0 Å². The largest absolute Gasteiger partial charge is 0.494 e. The van der Waals surface area contributed by atoms with Crippen molar-refractivity contribution >= 4 is 16.8 Å². The summed E-state index contributed by atoms with van der Waals surface area (Å²) < 4.78 is 7.44. The summed E-state index contributed by atoms with van der Waals surface area (Å²) in [5.74, 6) is 0.518. The first-order valence-electron chi connectivity index (χ1n) is 12.4. The summed E-state index contributed by atoms with van der Waals surface area (Å²) in [6, 6.07) is 11.0. The van der Waals surface area contributed by atoms with Gasteiger partial charge < -0.3 is 20.1 Å². The number of aromatic nitrogens is 2. The number of nitrogens with one attached hydrogen (secondary N) is 1. The van der Waals surface area contributed by atoms with Crippen molar-refractivity contribution in [2.75, 3.05) is 26.2 Å². The number of aliphatic hydroxyl groups excluding tert-OH is 1. The third-order valence-electron chi connectivity index (χ3n) is 6.82. The SMILES string of the molecule is Cc1ccc(C(=O)NC2CC2)cc1-n1cnc2ccc(OCCCN3CCC(O)CC3)cc2c1=O. The first-order chi connectivity index (χ1) is 17.0. The number of likely N-dealkylation sites (tertiary alicyclic amines) is 1. The van der Waals surface area contributed by atoms with E-state index in [2.05, 4.69) is 15.2 Å². The smallest absolute Gasteiger partial charge is 0.265 e. The Morgan fingerprint density at radius 1 is 1.14 bits per heavy atom. The van der Waals surface area contributed by atoms with E-state index in [-0.39, 0.29) is 23.6 Å². The third-order valence-corrected chi connectivity index (χ3v) is 6.82. The number of rotatable bonds is 8. The Morgan fingerprint density at radius 3 is 2.71 bits per heavy atom. The molecular weight excluding hydrogens is 444 g/mol. The number of carbonyl (C=O) groups excluding carboxylic acids is 1. The molecule has 2 aromatic carbocycles. The molecule has 0 atom stereocenters. The van der Waals surface area contributed by atoms with Gasteiger partial charge in [0.1, 0.15) is 12.1 Å². The van der Waals surface area contributed by atoms with E-state index in [0.717, 1.165) is 57.3 Å². The minimum Gasteiger partial charge on any atom is -0.494 e. The van der Waals surface area contributed by atoms with Gasteiger partial charge in [0.2, 0.25) is 0 Å². The molecule has 1 aliphatic heterocycles. The van der Waals surface area contributed by atoms with Gasteiger partial charge in [0.05, 0.1) is 29.3 Å². The second-order valence-electron chi connectivity index (χ2n) is 9.62. The Morgan fingerprint density at radius 2 is 1.94 bits per heavy atom. The molecule has 2 heterocycles. The highest BCUT2D eigenvalue weighted by Gasteiger charge is 2.24. The van der Waals surface area contributed by atoms with Crippen LogP contribution in [0, 0.1) is 6.92 Å². The monoisotopic (exact) mass is 476 g/mol. The van der Waals surface area contributed by atoms with Crippen LogP contribution in [0.25, 0.3) is 16.6 Å². The predicted octanol–water partition coefficient (Wildman–Crippen LogP) is 2.81. The van der Waals surface area contributed by atoms with Crippen LogP contribution in [0.3, 0.4) is 0 Å². The molecule has 2 fully saturated rings. The van der Waals surface area contributed by atoms with Crippen LogP contribution in [0.4, 0.5) is 0 Å².